The van der Waals surface area contributed by atoms with E-state index in [9.17, 15) is 4.79 Å². The first-order chi connectivity index (χ1) is 4.13. The van der Waals surface area contributed by atoms with Gasteiger partial charge < -0.3 is 0 Å². The van der Waals surface area contributed by atoms with Crippen molar-refractivity contribution in [3.8, 4) is 0 Å². The molecule has 48 valence electrons. The van der Waals surface area contributed by atoms with Crippen LogP contribution in [0.2, 0.25) is 0 Å². The zero-order chi connectivity index (χ0) is 7.02. The van der Waals surface area contributed by atoms with Gasteiger partial charge in [-0.15, -0.1) is 0 Å². The average molecular weight is 123 g/mol. The largest absolute Gasteiger partial charge is 0.273 e. The minimum atomic E-state index is -0.0787. The molecule has 0 saturated carbocycles. The lowest BCUT2D eigenvalue weighted by molar-refractivity contribution is -0.114. The molecule has 1 heterocycles. The second-order valence-corrected chi connectivity index (χ2v) is 2.25. The second-order valence-electron chi connectivity index (χ2n) is 2.25. The molecule has 1 aliphatic rings. The lowest BCUT2D eigenvalue weighted by Gasteiger charge is -1.89. The number of amides is 1. The highest BCUT2D eigenvalue weighted by Gasteiger charge is 2.15. The number of rotatable bonds is 0. The molecule has 0 saturated heterocycles. The first-order valence-electron chi connectivity index (χ1n) is 2.90. The van der Waals surface area contributed by atoms with Gasteiger partial charge in [0.05, 0.1) is 0 Å². The SMILES string of the molecule is CC1=NC(=O)C(C)=C1C. The molecule has 2 heteroatoms. The Labute approximate surface area is 54.3 Å². The molecule has 0 N–H and O–H groups in total. The maximum Gasteiger partial charge on any atom is 0.273 e. The van der Waals surface area contributed by atoms with Gasteiger partial charge in [0.15, 0.2) is 0 Å². The highest BCUT2D eigenvalue weighted by molar-refractivity contribution is 6.17. The Morgan fingerprint density at radius 2 is 1.67 bits per heavy atom. The van der Waals surface area contributed by atoms with Crippen molar-refractivity contribution < 1.29 is 4.79 Å². The van der Waals surface area contributed by atoms with Gasteiger partial charge in [-0.3, -0.25) is 4.79 Å². The maximum absolute atomic E-state index is 10.7. The first kappa shape index (κ1) is 6.20. The smallest absolute Gasteiger partial charge is 0.267 e. The van der Waals surface area contributed by atoms with Gasteiger partial charge in [0.2, 0.25) is 0 Å². The third kappa shape index (κ3) is 0.803. The zero-order valence-corrected chi connectivity index (χ0v) is 5.86. The third-order valence-corrected chi connectivity index (χ3v) is 1.70. The summed E-state index contributed by atoms with van der Waals surface area (Å²) in [5, 5.41) is 0. The van der Waals surface area contributed by atoms with Crippen molar-refractivity contribution in [1.82, 2.24) is 0 Å². The molecule has 0 unspecified atom stereocenters. The molecule has 0 fully saturated rings. The van der Waals surface area contributed by atoms with E-state index in [4.69, 9.17) is 0 Å². The van der Waals surface area contributed by atoms with Crippen LogP contribution in [-0.4, -0.2) is 11.6 Å². The fourth-order valence-electron chi connectivity index (χ4n) is 0.752. The van der Waals surface area contributed by atoms with Crippen LogP contribution in [0.4, 0.5) is 0 Å². The predicted octanol–water partition coefficient (Wildman–Crippen LogP) is 1.32. The third-order valence-electron chi connectivity index (χ3n) is 1.70. The summed E-state index contributed by atoms with van der Waals surface area (Å²) in [7, 11) is 0. The van der Waals surface area contributed by atoms with E-state index in [1.807, 2.05) is 13.8 Å². The van der Waals surface area contributed by atoms with Gasteiger partial charge in [-0.05, 0) is 26.3 Å². The molecule has 0 aromatic heterocycles. The van der Waals surface area contributed by atoms with E-state index in [1.165, 1.54) is 0 Å². The Bertz CT molecular complexity index is 223. The van der Waals surface area contributed by atoms with E-state index < -0.39 is 0 Å². The van der Waals surface area contributed by atoms with Gasteiger partial charge in [0, 0.05) is 11.3 Å². The summed E-state index contributed by atoms with van der Waals surface area (Å²) in [6.07, 6.45) is 0. The van der Waals surface area contributed by atoms with Crippen LogP contribution in [-0.2, 0) is 4.79 Å². The van der Waals surface area contributed by atoms with Gasteiger partial charge in [0.1, 0.15) is 0 Å². The molecule has 0 atom stereocenters. The number of nitrogens with zero attached hydrogens (tertiary/aromatic N) is 1. The number of carbonyl (C=O) groups excluding carboxylic acids is 1. The van der Waals surface area contributed by atoms with E-state index in [0.717, 1.165) is 16.9 Å². The van der Waals surface area contributed by atoms with Crippen molar-refractivity contribution in [2.75, 3.05) is 0 Å². The van der Waals surface area contributed by atoms with Crippen LogP contribution in [0.5, 0.6) is 0 Å². The van der Waals surface area contributed by atoms with Crippen molar-refractivity contribution in [3.63, 3.8) is 0 Å². The summed E-state index contributed by atoms with van der Waals surface area (Å²) in [4.78, 5) is 14.5. The Morgan fingerprint density at radius 1 is 1.11 bits per heavy atom. The lowest BCUT2D eigenvalue weighted by Crippen LogP contribution is -1.88. The normalized spacial score (nSPS) is 19.0. The molecule has 0 aromatic rings. The molecule has 0 spiro atoms. The molecule has 0 aliphatic carbocycles. The number of carbonyl (C=O) groups is 1. The fraction of sp³-hybridized carbons (Fsp3) is 0.429. The van der Waals surface area contributed by atoms with Crippen LogP contribution < -0.4 is 0 Å². The van der Waals surface area contributed by atoms with Crippen molar-refractivity contribution in [3.05, 3.63) is 11.1 Å². The molecule has 0 radical (unpaired) electrons. The van der Waals surface area contributed by atoms with Crippen molar-refractivity contribution in [1.29, 1.82) is 0 Å². The van der Waals surface area contributed by atoms with E-state index in [0.29, 0.717) is 0 Å². The molecule has 1 rings (SSSR count). The zero-order valence-electron chi connectivity index (χ0n) is 5.86. The topological polar surface area (TPSA) is 29.4 Å². The summed E-state index contributed by atoms with van der Waals surface area (Å²) < 4.78 is 0. The Kier molecular flexibility index (Phi) is 1.24. The highest BCUT2D eigenvalue weighted by Crippen LogP contribution is 2.14. The summed E-state index contributed by atoms with van der Waals surface area (Å²) in [6.45, 7) is 5.57. The van der Waals surface area contributed by atoms with E-state index in [-0.39, 0.29) is 5.91 Å². The van der Waals surface area contributed by atoms with Gasteiger partial charge in [-0.2, -0.15) is 0 Å². The van der Waals surface area contributed by atoms with E-state index in [2.05, 4.69) is 4.99 Å². The number of aliphatic imine (C=N–C) groups is 1. The van der Waals surface area contributed by atoms with Crippen LogP contribution >= 0.6 is 0 Å². The monoisotopic (exact) mass is 123 g/mol. The van der Waals surface area contributed by atoms with Crippen LogP contribution in [0.3, 0.4) is 0 Å². The molecule has 2 nitrogen and oxygen atoms in total. The number of hydrogen-bond acceptors (Lipinski definition) is 1. The van der Waals surface area contributed by atoms with Crippen molar-refractivity contribution >= 4 is 11.6 Å². The summed E-state index contributed by atoms with van der Waals surface area (Å²) in [6, 6.07) is 0. The standard InChI is InChI=1S/C7H9NO/c1-4-5(2)7(9)8-6(4)3/h1-3H3. The van der Waals surface area contributed by atoms with Gasteiger partial charge >= 0.3 is 0 Å². The molecule has 1 aliphatic heterocycles. The molecule has 0 bridgehead atoms. The molecule has 9 heavy (non-hydrogen) atoms. The predicted molar refractivity (Wildman–Crippen MR) is 36.5 cm³/mol. The molecular formula is C7H9NO. The number of hydrogen-bond donors (Lipinski definition) is 0. The summed E-state index contributed by atoms with van der Waals surface area (Å²) >= 11 is 0. The maximum atomic E-state index is 10.7. The Hall–Kier alpha value is -0.920. The minimum Gasteiger partial charge on any atom is -0.267 e. The van der Waals surface area contributed by atoms with Crippen LogP contribution in [0.1, 0.15) is 20.8 Å². The Morgan fingerprint density at radius 3 is 1.78 bits per heavy atom. The minimum absolute atomic E-state index is 0.0787. The van der Waals surface area contributed by atoms with Crippen molar-refractivity contribution in [2.45, 2.75) is 20.8 Å². The second kappa shape index (κ2) is 1.79. The van der Waals surface area contributed by atoms with Gasteiger partial charge in [-0.25, -0.2) is 4.99 Å². The van der Waals surface area contributed by atoms with E-state index in [1.54, 1.807) is 6.92 Å². The highest BCUT2D eigenvalue weighted by atomic mass is 16.1. The van der Waals surface area contributed by atoms with Crippen LogP contribution in [0, 0.1) is 0 Å². The molecule has 1 amide bonds. The van der Waals surface area contributed by atoms with Gasteiger partial charge in [0.25, 0.3) is 5.91 Å². The van der Waals surface area contributed by atoms with E-state index >= 15 is 0 Å². The first-order valence-corrected chi connectivity index (χ1v) is 2.90. The Balaban J connectivity index is 3.11. The number of allylic oxidation sites excluding steroid dienone is 1. The van der Waals surface area contributed by atoms with Crippen molar-refractivity contribution in [2.24, 2.45) is 4.99 Å². The summed E-state index contributed by atoms with van der Waals surface area (Å²) in [5.41, 5.74) is 2.67. The average Bonchev–Trinajstić information content (AvgIpc) is 1.98. The fourth-order valence-corrected chi connectivity index (χ4v) is 0.752. The van der Waals surface area contributed by atoms with Crippen LogP contribution in [0.15, 0.2) is 16.1 Å². The summed E-state index contributed by atoms with van der Waals surface area (Å²) in [5.74, 6) is -0.0787. The van der Waals surface area contributed by atoms with Crippen LogP contribution in [0.25, 0.3) is 0 Å². The quantitative estimate of drug-likeness (QED) is 0.477. The molecular weight excluding hydrogens is 114 g/mol. The van der Waals surface area contributed by atoms with Gasteiger partial charge in [-0.1, -0.05) is 0 Å². The molecule has 0 aromatic carbocycles. The lowest BCUT2D eigenvalue weighted by atomic mass is 10.1.